The third-order valence-electron chi connectivity index (χ3n) is 2.35. The van der Waals surface area contributed by atoms with Crippen LogP contribution in [0.1, 0.15) is 18.4 Å². The molecule has 1 aliphatic carbocycles. The highest BCUT2D eigenvalue weighted by molar-refractivity contribution is 5.40. The van der Waals surface area contributed by atoms with Crippen LogP contribution in [0.2, 0.25) is 0 Å². The van der Waals surface area contributed by atoms with Crippen LogP contribution >= 0.6 is 0 Å². The minimum atomic E-state index is 0.112. The molecule has 11 heavy (non-hydrogen) atoms. The summed E-state index contributed by atoms with van der Waals surface area (Å²) in [6, 6.07) is 10.4. The maximum absolute atomic E-state index is 5.45. The summed E-state index contributed by atoms with van der Waals surface area (Å²) < 4.78 is 0. The molecule has 0 unspecified atom stereocenters. The lowest BCUT2D eigenvalue weighted by Gasteiger charge is -2.05. The zero-order valence-corrected chi connectivity index (χ0v) is 6.38. The third kappa shape index (κ3) is 0.935. The number of rotatable bonds is 1. The minimum absolute atomic E-state index is 0.112. The summed E-state index contributed by atoms with van der Waals surface area (Å²) in [7, 11) is 0. The molecule has 2 rings (SSSR count). The van der Waals surface area contributed by atoms with Gasteiger partial charge in [-0.2, -0.15) is 0 Å². The predicted octanol–water partition coefficient (Wildman–Crippen LogP) is 2.35. The van der Waals surface area contributed by atoms with E-state index in [1.807, 2.05) is 18.2 Å². The molecule has 0 heterocycles. The predicted molar refractivity (Wildman–Crippen MR) is 46.2 cm³/mol. The quantitative estimate of drug-likeness (QED) is 0.528. The van der Waals surface area contributed by atoms with Crippen molar-refractivity contribution in [1.29, 1.82) is 0 Å². The number of hydrogen-bond donors (Lipinski definition) is 0. The van der Waals surface area contributed by atoms with E-state index in [-0.39, 0.29) is 5.41 Å². The fourth-order valence-electron chi connectivity index (χ4n) is 1.40. The van der Waals surface area contributed by atoms with Crippen molar-refractivity contribution in [3.05, 3.63) is 35.9 Å². The molecule has 0 spiro atoms. The van der Waals surface area contributed by atoms with Gasteiger partial charge in [-0.3, -0.25) is 0 Å². The number of hydrogen-bond acceptors (Lipinski definition) is 0. The Morgan fingerprint density at radius 1 is 1.18 bits per heavy atom. The molecule has 0 aliphatic heterocycles. The minimum Gasteiger partial charge on any atom is -0.119 e. The highest BCUT2D eigenvalue weighted by Gasteiger charge is 2.42. The maximum Gasteiger partial charge on any atom is 0.0561 e. The van der Waals surface area contributed by atoms with Gasteiger partial charge in [-0.05, 0) is 18.4 Å². The van der Waals surface area contributed by atoms with Gasteiger partial charge >= 0.3 is 0 Å². The van der Waals surface area contributed by atoms with Gasteiger partial charge in [0.2, 0.25) is 0 Å². The lowest BCUT2D eigenvalue weighted by molar-refractivity contribution is 0.931. The second kappa shape index (κ2) is 2.13. The van der Waals surface area contributed by atoms with Crippen molar-refractivity contribution < 1.29 is 0 Å². The van der Waals surface area contributed by atoms with Gasteiger partial charge in [-0.1, -0.05) is 36.3 Å². The largest absolute Gasteiger partial charge is 0.119 e. The van der Waals surface area contributed by atoms with Crippen LogP contribution in [0.15, 0.2) is 30.3 Å². The SMILES string of the molecule is C#CC1(c2ccccc2)CC1. The summed E-state index contributed by atoms with van der Waals surface area (Å²) >= 11 is 0. The molecule has 54 valence electrons. The van der Waals surface area contributed by atoms with Crippen LogP contribution < -0.4 is 0 Å². The lowest BCUT2D eigenvalue weighted by atomic mass is 9.97. The monoisotopic (exact) mass is 142 g/mol. The summed E-state index contributed by atoms with van der Waals surface area (Å²) in [5.41, 5.74) is 1.42. The molecule has 0 saturated heterocycles. The Hall–Kier alpha value is -1.22. The Balaban J connectivity index is 2.39. The van der Waals surface area contributed by atoms with E-state index in [0.717, 1.165) is 12.8 Å². The molecular weight excluding hydrogens is 132 g/mol. The first-order valence-corrected chi connectivity index (χ1v) is 3.91. The van der Waals surface area contributed by atoms with Gasteiger partial charge in [0.1, 0.15) is 0 Å². The Labute approximate surface area is 67.2 Å². The second-order valence-electron chi connectivity index (χ2n) is 3.09. The Morgan fingerprint density at radius 3 is 2.27 bits per heavy atom. The summed E-state index contributed by atoms with van der Waals surface area (Å²) in [6.45, 7) is 0. The van der Waals surface area contributed by atoms with Gasteiger partial charge in [0.15, 0.2) is 0 Å². The number of terminal acetylenes is 1. The molecule has 0 amide bonds. The van der Waals surface area contributed by atoms with Crippen molar-refractivity contribution in [3.8, 4) is 12.3 Å². The first kappa shape index (κ1) is 6.49. The standard InChI is InChI=1S/C11H10/c1-2-11(8-9-11)10-6-4-3-5-7-10/h1,3-7H,8-9H2. The van der Waals surface area contributed by atoms with Gasteiger partial charge in [0.25, 0.3) is 0 Å². The van der Waals surface area contributed by atoms with Gasteiger partial charge in [0, 0.05) is 0 Å². The highest BCUT2D eigenvalue weighted by atomic mass is 14.4. The molecule has 0 heteroatoms. The molecule has 0 bridgehead atoms. The van der Waals surface area contributed by atoms with Crippen LogP contribution in [0, 0.1) is 12.3 Å². The molecule has 1 aromatic carbocycles. The van der Waals surface area contributed by atoms with Gasteiger partial charge < -0.3 is 0 Å². The molecule has 0 radical (unpaired) electrons. The molecule has 1 fully saturated rings. The maximum atomic E-state index is 5.45. The molecule has 1 aliphatic rings. The average molecular weight is 142 g/mol. The first-order valence-electron chi connectivity index (χ1n) is 3.91. The van der Waals surface area contributed by atoms with E-state index in [9.17, 15) is 0 Å². The molecule has 0 N–H and O–H groups in total. The van der Waals surface area contributed by atoms with E-state index >= 15 is 0 Å². The fraction of sp³-hybridized carbons (Fsp3) is 0.273. The van der Waals surface area contributed by atoms with Crippen LogP contribution in [-0.2, 0) is 5.41 Å². The van der Waals surface area contributed by atoms with Crippen LogP contribution in [0.25, 0.3) is 0 Å². The van der Waals surface area contributed by atoms with E-state index < -0.39 is 0 Å². The van der Waals surface area contributed by atoms with Gasteiger partial charge in [0.05, 0.1) is 5.41 Å². The summed E-state index contributed by atoms with van der Waals surface area (Å²) in [5.74, 6) is 2.87. The first-order chi connectivity index (χ1) is 5.37. The Bertz CT molecular complexity index is 286. The summed E-state index contributed by atoms with van der Waals surface area (Å²) in [4.78, 5) is 0. The van der Waals surface area contributed by atoms with Crippen molar-refractivity contribution in [2.45, 2.75) is 18.3 Å². The van der Waals surface area contributed by atoms with Crippen LogP contribution in [0.4, 0.5) is 0 Å². The lowest BCUT2D eigenvalue weighted by Crippen LogP contribution is -2.00. The molecule has 1 aromatic rings. The van der Waals surface area contributed by atoms with E-state index in [1.54, 1.807) is 0 Å². The molecular formula is C11H10. The van der Waals surface area contributed by atoms with Crippen LogP contribution in [-0.4, -0.2) is 0 Å². The van der Waals surface area contributed by atoms with Gasteiger partial charge in [-0.15, -0.1) is 6.42 Å². The Morgan fingerprint density at radius 2 is 1.82 bits per heavy atom. The zero-order valence-electron chi connectivity index (χ0n) is 6.38. The van der Waals surface area contributed by atoms with E-state index in [0.29, 0.717) is 0 Å². The van der Waals surface area contributed by atoms with Crippen molar-refractivity contribution in [3.63, 3.8) is 0 Å². The fourth-order valence-corrected chi connectivity index (χ4v) is 1.40. The van der Waals surface area contributed by atoms with E-state index in [2.05, 4.69) is 18.1 Å². The smallest absolute Gasteiger partial charge is 0.0561 e. The summed E-state index contributed by atoms with van der Waals surface area (Å²) in [5, 5.41) is 0. The second-order valence-corrected chi connectivity index (χ2v) is 3.09. The van der Waals surface area contributed by atoms with Gasteiger partial charge in [-0.25, -0.2) is 0 Å². The van der Waals surface area contributed by atoms with Crippen molar-refractivity contribution >= 4 is 0 Å². The highest BCUT2D eigenvalue weighted by Crippen LogP contribution is 2.47. The van der Waals surface area contributed by atoms with Crippen LogP contribution in [0.3, 0.4) is 0 Å². The zero-order chi connectivity index (χ0) is 7.73. The average Bonchev–Trinajstić information content (AvgIpc) is 2.86. The molecule has 0 aromatic heterocycles. The van der Waals surface area contributed by atoms with Crippen molar-refractivity contribution in [1.82, 2.24) is 0 Å². The van der Waals surface area contributed by atoms with Crippen molar-refractivity contribution in [2.75, 3.05) is 0 Å². The normalized spacial score (nSPS) is 18.8. The van der Waals surface area contributed by atoms with E-state index in [4.69, 9.17) is 6.42 Å². The molecule has 0 atom stereocenters. The molecule has 0 nitrogen and oxygen atoms in total. The molecule has 1 saturated carbocycles. The summed E-state index contributed by atoms with van der Waals surface area (Å²) in [6.07, 6.45) is 7.77. The topological polar surface area (TPSA) is 0 Å². The van der Waals surface area contributed by atoms with E-state index in [1.165, 1.54) is 5.56 Å². The Kier molecular flexibility index (Phi) is 1.26. The number of benzene rings is 1. The van der Waals surface area contributed by atoms with Crippen molar-refractivity contribution in [2.24, 2.45) is 0 Å². The van der Waals surface area contributed by atoms with Crippen LogP contribution in [0.5, 0.6) is 0 Å². The third-order valence-corrected chi connectivity index (χ3v) is 2.35.